The Hall–Kier alpha value is -2.95. The van der Waals surface area contributed by atoms with Gasteiger partial charge in [0.15, 0.2) is 0 Å². The van der Waals surface area contributed by atoms with Crippen molar-refractivity contribution in [3.05, 3.63) is 109 Å². The molecule has 1 amide bonds. The minimum Gasteiger partial charge on any atom is -0.394 e. The molecule has 0 heterocycles. The van der Waals surface area contributed by atoms with Crippen molar-refractivity contribution in [2.75, 3.05) is 6.61 Å². The molecule has 0 aliphatic rings. The van der Waals surface area contributed by atoms with E-state index in [0.717, 1.165) is 96.3 Å². The van der Waals surface area contributed by atoms with Gasteiger partial charge >= 0.3 is 0 Å². The van der Waals surface area contributed by atoms with Crippen molar-refractivity contribution < 1.29 is 15.0 Å². The first-order chi connectivity index (χ1) is 30.2. The van der Waals surface area contributed by atoms with E-state index in [0.29, 0.717) is 12.8 Å². The van der Waals surface area contributed by atoms with Crippen LogP contribution < -0.4 is 5.32 Å². The van der Waals surface area contributed by atoms with Crippen LogP contribution in [0, 0.1) is 0 Å². The number of aliphatic hydroxyl groups is 2. The largest absolute Gasteiger partial charge is 0.394 e. The van der Waals surface area contributed by atoms with Crippen molar-refractivity contribution in [1.29, 1.82) is 0 Å². The molecule has 4 nitrogen and oxygen atoms in total. The van der Waals surface area contributed by atoms with Crippen LogP contribution in [0.15, 0.2) is 109 Å². The number of hydrogen-bond acceptors (Lipinski definition) is 3. The Morgan fingerprint density at radius 3 is 1.07 bits per heavy atom. The van der Waals surface area contributed by atoms with Gasteiger partial charge in [0, 0.05) is 6.42 Å². The second kappa shape index (κ2) is 51.4. The predicted molar refractivity (Wildman–Crippen MR) is 271 cm³/mol. The number of carbonyl (C=O) groups is 1. The molecule has 4 heteroatoms. The van der Waals surface area contributed by atoms with Crippen LogP contribution in [0.1, 0.15) is 226 Å². The molecule has 3 N–H and O–H groups in total. The highest BCUT2D eigenvalue weighted by atomic mass is 16.3. The lowest BCUT2D eigenvalue weighted by Gasteiger charge is -2.22. The molecule has 0 aromatic heterocycles. The monoisotopic (exact) mass is 844 g/mol. The summed E-state index contributed by atoms with van der Waals surface area (Å²) in [6, 6.07) is -0.563. The summed E-state index contributed by atoms with van der Waals surface area (Å²) in [6.07, 6.45) is 77.5. The first-order valence-corrected chi connectivity index (χ1v) is 25.6. The van der Waals surface area contributed by atoms with Gasteiger partial charge in [-0.2, -0.15) is 0 Å². The van der Waals surface area contributed by atoms with E-state index in [9.17, 15) is 15.0 Å². The van der Waals surface area contributed by atoms with Crippen LogP contribution in [-0.4, -0.2) is 34.9 Å². The van der Waals surface area contributed by atoms with Crippen LogP contribution in [0.3, 0.4) is 0 Å². The number of allylic oxidation sites excluding steroid dienone is 18. The van der Waals surface area contributed by atoms with Gasteiger partial charge in [-0.15, -0.1) is 0 Å². The standard InChI is InChI=1S/C57H97NO3/c1-3-5-7-9-11-13-15-17-19-21-23-24-25-26-27-28-29-30-31-32-33-34-35-37-39-41-43-45-47-49-51-53-57(61)58-55(54-59)56(60)52-50-48-46-44-42-40-38-36-22-20-18-16-14-12-10-8-6-4-2/h5,7,11,13,17,19,23-24,26-27,29-30,32-33,35,37,41,43,55-56,59-60H,3-4,6,8-10,12,14-16,18,20-22,25,28,31,34,36,38-40,42,44-54H2,1-2H3,(H,58,61)/b7-5-,13-11-,19-17-,24-23-,27-26-,30-29-,33-32-,37-35-,43-41-. The quantitative estimate of drug-likeness (QED) is 0.0422. The van der Waals surface area contributed by atoms with E-state index in [1.54, 1.807) is 0 Å². The molecule has 0 aliphatic carbocycles. The predicted octanol–water partition coefficient (Wildman–Crippen LogP) is 16.7. The molecular weight excluding hydrogens is 747 g/mol. The lowest BCUT2D eigenvalue weighted by atomic mass is 10.0. The Balaban J connectivity index is 3.67. The number of unbranched alkanes of at least 4 members (excludes halogenated alkanes) is 20. The van der Waals surface area contributed by atoms with Gasteiger partial charge in [0.25, 0.3) is 0 Å². The summed E-state index contributed by atoms with van der Waals surface area (Å²) in [5.74, 6) is -0.0667. The van der Waals surface area contributed by atoms with Gasteiger partial charge in [0.1, 0.15) is 0 Å². The van der Waals surface area contributed by atoms with Crippen molar-refractivity contribution in [3.8, 4) is 0 Å². The number of rotatable bonds is 45. The summed E-state index contributed by atoms with van der Waals surface area (Å²) in [4.78, 5) is 12.4. The summed E-state index contributed by atoms with van der Waals surface area (Å²) in [7, 11) is 0. The summed E-state index contributed by atoms with van der Waals surface area (Å²) < 4.78 is 0. The normalized spacial score (nSPS) is 13.8. The topological polar surface area (TPSA) is 69.6 Å². The molecule has 0 rings (SSSR count). The zero-order valence-corrected chi connectivity index (χ0v) is 39.9. The summed E-state index contributed by atoms with van der Waals surface area (Å²) in [5, 5.41) is 23.2. The van der Waals surface area contributed by atoms with E-state index in [1.165, 1.54) is 103 Å². The molecule has 0 spiro atoms. The molecule has 0 aromatic rings. The third-order valence-electron chi connectivity index (χ3n) is 11.0. The smallest absolute Gasteiger partial charge is 0.220 e. The van der Waals surface area contributed by atoms with Crippen molar-refractivity contribution in [2.24, 2.45) is 0 Å². The molecule has 0 radical (unpaired) electrons. The lowest BCUT2D eigenvalue weighted by molar-refractivity contribution is -0.123. The molecule has 348 valence electrons. The number of amides is 1. The summed E-state index contributed by atoms with van der Waals surface area (Å²) in [6.45, 7) is 4.23. The van der Waals surface area contributed by atoms with Crippen molar-refractivity contribution in [1.82, 2.24) is 5.32 Å². The molecule has 0 saturated carbocycles. The molecular formula is C57H97NO3. The van der Waals surface area contributed by atoms with E-state index in [1.807, 2.05) is 0 Å². The van der Waals surface area contributed by atoms with Crippen LogP contribution >= 0.6 is 0 Å². The van der Waals surface area contributed by atoms with Gasteiger partial charge in [-0.25, -0.2) is 0 Å². The molecule has 0 aromatic carbocycles. The highest BCUT2D eigenvalue weighted by Crippen LogP contribution is 2.16. The van der Waals surface area contributed by atoms with Crippen LogP contribution in [0.2, 0.25) is 0 Å². The first-order valence-electron chi connectivity index (χ1n) is 25.6. The fourth-order valence-corrected chi connectivity index (χ4v) is 7.18. The third kappa shape index (κ3) is 47.9. The fraction of sp³-hybridized carbons (Fsp3) is 0.667. The van der Waals surface area contributed by atoms with Crippen molar-refractivity contribution in [2.45, 2.75) is 238 Å². The SMILES string of the molecule is CC/C=C\C/C=C\C/C=C\C/C=C\C/C=C\C/C=C\C/C=C\C/C=C\C/C=C\CCCCCC(=O)NC(CO)C(O)CCCCCCCCCCCCCCCCCCCC. The van der Waals surface area contributed by atoms with Crippen molar-refractivity contribution >= 4 is 5.91 Å². The number of aliphatic hydroxyl groups excluding tert-OH is 2. The maximum atomic E-state index is 12.4. The number of carbonyl (C=O) groups excluding carboxylic acids is 1. The molecule has 0 aliphatic heterocycles. The Morgan fingerprint density at radius 1 is 0.410 bits per heavy atom. The highest BCUT2D eigenvalue weighted by molar-refractivity contribution is 5.76. The number of nitrogens with one attached hydrogen (secondary N) is 1. The van der Waals surface area contributed by atoms with Crippen LogP contribution in [0.5, 0.6) is 0 Å². The number of hydrogen-bond donors (Lipinski definition) is 3. The Kier molecular flexibility index (Phi) is 48.9. The van der Waals surface area contributed by atoms with E-state index < -0.39 is 12.1 Å². The average Bonchev–Trinajstić information content (AvgIpc) is 3.26. The molecule has 2 unspecified atom stereocenters. The zero-order valence-electron chi connectivity index (χ0n) is 39.9. The van der Waals surface area contributed by atoms with Crippen LogP contribution in [0.25, 0.3) is 0 Å². The van der Waals surface area contributed by atoms with Crippen molar-refractivity contribution in [3.63, 3.8) is 0 Å². The van der Waals surface area contributed by atoms with Gasteiger partial charge in [-0.05, 0) is 83.5 Å². The third-order valence-corrected chi connectivity index (χ3v) is 11.0. The first kappa shape index (κ1) is 58.0. The van der Waals surface area contributed by atoms with Crippen LogP contribution in [-0.2, 0) is 4.79 Å². The Morgan fingerprint density at radius 2 is 0.721 bits per heavy atom. The van der Waals surface area contributed by atoms with Gasteiger partial charge in [0.05, 0.1) is 18.8 Å². The maximum absolute atomic E-state index is 12.4. The maximum Gasteiger partial charge on any atom is 0.220 e. The second-order valence-electron chi connectivity index (χ2n) is 16.9. The van der Waals surface area contributed by atoms with Gasteiger partial charge in [-0.1, -0.05) is 245 Å². The molecule has 2 atom stereocenters. The van der Waals surface area contributed by atoms with Gasteiger partial charge in [-0.3, -0.25) is 4.79 Å². The summed E-state index contributed by atoms with van der Waals surface area (Å²) in [5.41, 5.74) is 0. The Labute approximate surface area is 378 Å². The lowest BCUT2D eigenvalue weighted by Crippen LogP contribution is -2.45. The van der Waals surface area contributed by atoms with Crippen LogP contribution in [0.4, 0.5) is 0 Å². The highest BCUT2D eigenvalue weighted by Gasteiger charge is 2.20. The Bertz CT molecular complexity index is 1180. The van der Waals surface area contributed by atoms with E-state index >= 15 is 0 Å². The molecule has 61 heavy (non-hydrogen) atoms. The molecule has 0 saturated heterocycles. The second-order valence-corrected chi connectivity index (χ2v) is 16.9. The molecule has 0 bridgehead atoms. The molecule has 0 fully saturated rings. The summed E-state index contributed by atoms with van der Waals surface area (Å²) >= 11 is 0. The van der Waals surface area contributed by atoms with Gasteiger partial charge in [0.2, 0.25) is 5.91 Å². The van der Waals surface area contributed by atoms with E-state index in [4.69, 9.17) is 0 Å². The zero-order chi connectivity index (χ0) is 44.2. The van der Waals surface area contributed by atoms with E-state index in [-0.39, 0.29) is 12.5 Å². The van der Waals surface area contributed by atoms with Gasteiger partial charge < -0.3 is 15.5 Å². The minimum atomic E-state index is -0.682. The minimum absolute atomic E-state index is 0.0667. The van der Waals surface area contributed by atoms with E-state index in [2.05, 4.69) is 129 Å². The fourth-order valence-electron chi connectivity index (χ4n) is 7.18. The average molecular weight is 844 g/mol.